The Morgan fingerprint density at radius 2 is 1.01 bits per heavy atom. The van der Waals surface area contributed by atoms with Crippen molar-refractivity contribution in [1.82, 2.24) is 9.13 Å². The molecule has 0 amide bonds. The highest BCUT2D eigenvalue weighted by Crippen LogP contribution is 2.58. The molecular weight excluding hydrogens is 843 g/mol. The Bertz CT molecular complexity index is 3190. The maximum Gasteiger partial charge on any atom is 0.340 e. The van der Waals surface area contributed by atoms with Gasteiger partial charge >= 0.3 is 11.9 Å². The summed E-state index contributed by atoms with van der Waals surface area (Å²) in [4.78, 5) is 28.9. The van der Waals surface area contributed by atoms with Gasteiger partial charge in [0, 0.05) is 98.9 Å². The van der Waals surface area contributed by atoms with Crippen molar-refractivity contribution in [2.45, 2.75) is 105 Å². The van der Waals surface area contributed by atoms with Crippen LogP contribution in [0.15, 0.2) is 127 Å². The Balaban J connectivity index is 0.000000163. The number of fused-ring (bicyclic) bond motifs is 9. The standard InChI is InChI=1S/C34H36N2O2.C26H25NO3/c1-5-7-21-35-23(3)31(26-16-10-13-19-29(26)35)34(28-18-12-9-15-25(28)33(37)38-34)32-24(4)36(22-8-6-2)30-20-14-11-17-27(30)32;1-5-27(6-2)18-11-12-21-22(15-18)29-23-14-16(3)13-17(4)24(23)26(21)20-10-8-7-9-19(20)25(28)30-26/h9-20H,5-8,21-22H2,1-4H3;7-15H,5-6H2,1-4H3. The number of ether oxygens (including phenoxy) is 3. The monoisotopic (exact) mass is 903 g/mol. The molecule has 1 atom stereocenters. The third-order valence-corrected chi connectivity index (χ3v) is 14.7. The Labute approximate surface area is 400 Å². The summed E-state index contributed by atoms with van der Waals surface area (Å²) in [6, 6.07) is 43.3. The van der Waals surface area contributed by atoms with Gasteiger partial charge in [0.05, 0.1) is 16.7 Å². The molecule has 0 bridgehead atoms. The average molecular weight is 904 g/mol. The van der Waals surface area contributed by atoms with E-state index in [2.05, 4.69) is 148 Å². The second-order valence-electron chi connectivity index (χ2n) is 18.6. The Morgan fingerprint density at radius 3 is 1.56 bits per heavy atom. The minimum atomic E-state index is -1.03. The quantitative estimate of drug-likeness (QED) is 0.120. The highest BCUT2D eigenvalue weighted by Gasteiger charge is 2.55. The highest BCUT2D eigenvalue weighted by atomic mass is 16.6. The van der Waals surface area contributed by atoms with E-state index in [1.807, 2.05) is 48.5 Å². The summed E-state index contributed by atoms with van der Waals surface area (Å²) in [5, 5.41) is 2.30. The Morgan fingerprint density at radius 1 is 0.515 bits per heavy atom. The fourth-order valence-corrected chi connectivity index (χ4v) is 11.7. The first-order valence-corrected chi connectivity index (χ1v) is 24.5. The van der Waals surface area contributed by atoms with Crippen molar-refractivity contribution < 1.29 is 23.8 Å². The molecule has 0 N–H and O–H groups in total. The lowest BCUT2D eigenvalue weighted by Gasteiger charge is -2.38. The van der Waals surface area contributed by atoms with Crippen LogP contribution in [-0.2, 0) is 33.8 Å². The van der Waals surface area contributed by atoms with E-state index in [1.165, 1.54) is 11.0 Å². The van der Waals surface area contributed by atoms with E-state index in [9.17, 15) is 9.59 Å². The van der Waals surface area contributed by atoms with Crippen molar-refractivity contribution in [3.8, 4) is 11.5 Å². The van der Waals surface area contributed by atoms with E-state index < -0.39 is 11.2 Å². The molecule has 346 valence electrons. The van der Waals surface area contributed by atoms with E-state index >= 15 is 0 Å². The number of aryl methyl sites for hydroxylation is 4. The topological polar surface area (TPSA) is 74.9 Å². The van der Waals surface area contributed by atoms with Crippen LogP contribution in [0.5, 0.6) is 11.5 Å². The van der Waals surface area contributed by atoms with Gasteiger partial charge in [-0.3, -0.25) is 0 Å². The molecule has 0 fully saturated rings. The summed E-state index contributed by atoms with van der Waals surface area (Å²) >= 11 is 0. The smallest absolute Gasteiger partial charge is 0.340 e. The number of hydrogen-bond donors (Lipinski definition) is 0. The van der Waals surface area contributed by atoms with Gasteiger partial charge in [-0.15, -0.1) is 0 Å². The van der Waals surface area contributed by atoms with Gasteiger partial charge in [0.2, 0.25) is 0 Å². The van der Waals surface area contributed by atoms with Gasteiger partial charge in [0.15, 0.2) is 11.2 Å². The third-order valence-electron chi connectivity index (χ3n) is 14.7. The second-order valence-corrected chi connectivity index (χ2v) is 18.6. The molecule has 2 aromatic heterocycles. The van der Waals surface area contributed by atoms with Gasteiger partial charge in [-0.1, -0.05) is 106 Å². The van der Waals surface area contributed by atoms with Gasteiger partial charge in [0.1, 0.15) is 11.5 Å². The van der Waals surface area contributed by atoms with E-state index in [-0.39, 0.29) is 11.9 Å². The van der Waals surface area contributed by atoms with Crippen LogP contribution in [0, 0.1) is 27.7 Å². The first-order chi connectivity index (χ1) is 33.0. The number of unbranched alkanes of at least 4 members (excludes halogenated alkanes) is 2. The number of carbonyl (C=O) groups is 2. The van der Waals surface area contributed by atoms with Crippen LogP contribution < -0.4 is 9.64 Å². The number of cyclic esters (lactones) is 1. The number of aromatic nitrogens is 2. The summed E-state index contributed by atoms with van der Waals surface area (Å²) in [5.41, 5.74) is 13.0. The normalized spacial score (nSPS) is 16.1. The fraction of sp³-hybridized carbons (Fsp3) is 0.300. The molecule has 0 saturated heterocycles. The van der Waals surface area contributed by atoms with Crippen LogP contribution in [0.2, 0.25) is 0 Å². The van der Waals surface area contributed by atoms with E-state index in [0.717, 1.165) is 136 Å². The molecule has 0 radical (unpaired) electrons. The number of esters is 2. The molecular formula is C60H61N3O5. The van der Waals surface area contributed by atoms with E-state index in [4.69, 9.17) is 14.2 Å². The molecule has 8 aromatic rings. The summed E-state index contributed by atoms with van der Waals surface area (Å²) in [6.45, 7) is 20.9. The van der Waals surface area contributed by atoms with Crippen molar-refractivity contribution in [3.63, 3.8) is 0 Å². The first kappa shape index (κ1) is 44.8. The predicted octanol–water partition coefficient (Wildman–Crippen LogP) is 14.0. The number of carbonyl (C=O) groups excluding carboxylic acids is 2. The van der Waals surface area contributed by atoms with Crippen molar-refractivity contribution in [3.05, 3.63) is 194 Å². The lowest BCUT2D eigenvalue weighted by Crippen LogP contribution is -2.34. The van der Waals surface area contributed by atoms with Gasteiger partial charge in [-0.2, -0.15) is 0 Å². The van der Waals surface area contributed by atoms with Gasteiger partial charge in [-0.25, -0.2) is 9.59 Å². The second kappa shape index (κ2) is 17.5. The molecule has 3 aliphatic rings. The van der Waals surface area contributed by atoms with Crippen molar-refractivity contribution in [2.24, 2.45) is 0 Å². The van der Waals surface area contributed by atoms with Crippen LogP contribution in [0.3, 0.4) is 0 Å². The third kappa shape index (κ3) is 6.69. The molecule has 0 saturated carbocycles. The van der Waals surface area contributed by atoms with Crippen molar-refractivity contribution in [1.29, 1.82) is 0 Å². The fourth-order valence-electron chi connectivity index (χ4n) is 11.7. The molecule has 8 nitrogen and oxygen atoms in total. The van der Waals surface area contributed by atoms with Gasteiger partial charge in [0.25, 0.3) is 0 Å². The number of rotatable bonds is 11. The first-order valence-electron chi connectivity index (χ1n) is 24.5. The zero-order chi connectivity index (χ0) is 47.5. The zero-order valence-corrected chi connectivity index (χ0v) is 40.7. The zero-order valence-electron chi connectivity index (χ0n) is 40.7. The van der Waals surface area contributed by atoms with Crippen LogP contribution in [0.1, 0.15) is 130 Å². The summed E-state index contributed by atoms with van der Waals surface area (Å²) in [7, 11) is 0. The maximum atomic E-state index is 13.6. The Hall–Kier alpha value is -7.06. The van der Waals surface area contributed by atoms with Crippen LogP contribution in [0.4, 0.5) is 5.69 Å². The number of anilines is 1. The summed E-state index contributed by atoms with van der Waals surface area (Å²) in [6.07, 6.45) is 4.43. The summed E-state index contributed by atoms with van der Waals surface area (Å²) in [5.74, 6) is 0.940. The molecule has 5 heterocycles. The minimum absolute atomic E-state index is 0.254. The largest absolute Gasteiger partial charge is 0.456 e. The molecule has 68 heavy (non-hydrogen) atoms. The molecule has 8 heteroatoms. The van der Waals surface area contributed by atoms with Crippen molar-refractivity contribution >= 4 is 39.4 Å². The van der Waals surface area contributed by atoms with Crippen LogP contribution in [-0.4, -0.2) is 34.2 Å². The number of nitrogens with zero attached hydrogens (tertiary/aromatic N) is 3. The van der Waals surface area contributed by atoms with Crippen LogP contribution >= 0.6 is 0 Å². The highest BCUT2D eigenvalue weighted by molar-refractivity contribution is 6.01. The number of para-hydroxylation sites is 2. The molecule has 3 aliphatic heterocycles. The molecule has 0 aliphatic carbocycles. The average Bonchev–Trinajstić information content (AvgIpc) is 4.01. The summed E-state index contributed by atoms with van der Waals surface area (Å²) < 4.78 is 24.3. The van der Waals surface area contributed by atoms with E-state index in [0.29, 0.717) is 11.1 Å². The Kier molecular flexibility index (Phi) is 11.5. The lowest BCUT2D eigenvalue weighted by molar-refractivity contribution is 0.0219. The molecule has 1 unspecified atom stereocenters. The molecule has 1 spiro atoms. The molecule has 11 rings (SSSR count). The van der Waals surface area contributed by atoms with Crippen molar-refractivity contribution in [2.75, 3.05) is 18.0 Å². The maximum absolute atomic E-state index is 13.6. The van der Waals surface area contributed by atoms with Gasteiger partial charge < -0.3 is 28.2 Å². The van der Waals surface area contributed by atoms with Crippen LogP contribution in [0.25, 0.3) is 21.8 Å². The predicted molar refractivity (Wildman–Crippen MR) is 273 cm³/mol. The van der Waals surface area contributed by atoms with Gasteiger partial charge in [-0.05, 0) is 108 Å². The number of hydrogen-bond acceptors (Lipinski definition) is 6. The molecule has 6 aromatic carbocycles. The lowest BCUT2D eigenvalue weighted by atomic mass is 9.75. The van der Waals surface area contributed by atoms with E-state index in [1.54, 1.807) is 0 Å². The number of benzene rings is 6. The minimum Gasteiger partial charge on any atom is -0.456 e. The SMILES string of the molecule is CCCCn1c(C)c(C2(c3c(C)n(CCCC)c4ccccc34)OC(=O)c3ccccc32)c2ccccc21.CCN(CC)c1ccc2c(c1)Oc1cc(C)cc(C)c1C21OC(=O)c2ccccc21.